The molecule has 0 fully saturated rings. The van der Waals surface area contributed by atoms with Crippen LogP contribution in [0.3, 0.4) is 0 Å². The minimum Gasteiger partial charge on any atom is -0.379 e. The molecule has 168 valence electrons. The molecule has 0 saturated carbocycles. The summed E-state index contributed by atoms with van der Waals surface area (Å²) in [5, 5.41) is 15.5. The summed E-state index contributed by atoms with van der Waals surface area (Å²) in [6.07, 6.45) is 1.90. The van der Waals surface area contributed by atoms with Gasteiger partial charge in [-0.05, 0) is 37.5 Å². The van der Waals surface area contributed by atoms with E-state index in [1.807, 2.05) is 13.0 Å². The Morgan fingerprint density at radius 3 is 2.45 bits per heavy atom. The van der Waals surface area contributed by atoms with Crippen LogP contribution < -0.4 is 10.6 Å². The van der Waals surface area contributed by atoms with E-state index in [2.05, 4.69) is 17.2 Å². The van der Waals surface area contributed by atoms with Gasteiger partial charge in [0.15, 0.2) is 17.5 Å². The summed E-state index contributed by atoms with van der Waals surface area (Å²) in [6.45, 7) is 7.43. The highest BCUT2D eigenvalue weighted by atomic mass is 35.5. The molecule has 3 atom stereocenters. The summed E-state index contributed by atoms with van der Waals surface area (Å²) in [7, 11) is 0. The predicted octanol–water partition coefficient (Wildman–Crippen LogP) is 5.61. The number of benzene rings is 2. The van der Waals surface area contributed by atoms with Crippen molar-refractivity contribution in [2.45, 2.75) is 37.4 Å². The number of nitrogens with one attached hydrogen (secondary N) is 2. The molecule has 9 heteroatoms. The van der Waals surface area contributed by atoms with Crippen molar-refractivity contribution in [2.75, 3.05) is 11.1 Å². The number of aliphatic hydroxyl groups excluding tert-OH is 1. The molecule has 4 nitrogen and oxygen atoms in total. The third-order valence-corrected chi connectivity index (χ3v) is 6.07. The van der Waals surface area contributed by atoms with E-state index in [4.69, 9.17) is 11.6 Å². The standard InChI is InChI=1S/C22H24ClF3N2O2S/c1-4-12(2)7-16(27-13(3)29)11-31-20-8-14(5-6-17(20)23)22(30)28-15-9-18(24)21(26)19(25)10-15/h4-6,8-10,12-13,16,27,29H,1,7,11H2,2-3H3,(H,28,30). The summed E-state index contributed by atoms with van der Waals surface area (Å²) >= 11 is 7.67. The zero-order valence-electron chi connectivity index (χ0n) is 17.1. The Morgan fingerprint density at radius 1 is 1.23 bits per heavy atom. The molecule has 0 heterocycles. The number of carbonyl (C=O) groups is 1. The molecule has 0 spiro atoms. The molecule has 0 aliphatic rings. The highest BCUT2D eigenvalue weighted by Gasteiger charge is 2.17. The van der Waals surface area contributed by atoms with Crippen molar-refractivity contribution >= 4 is 35.0 Å². The minimum absolute atomic E-state index is 0.0308. The number of thioether (sulfide) groups is 1. The van der Waals surface area contributed by atoms with Gasteiger partial charge in [-0.2, -0.15) is 0 Å². The highest BCUT2D eigenvalue weighted by molar-refractivity contribution is 7.99. The largest absolute Gasteiger partial charge is 0.379 e. The fraction of sp³-hybridized carbons (Fsp3) is 0.318. The van der Waals surface area contributed by atoms with Crippen LogP contribution in [0.15, 0.2) is 47.9 Å². The monoisotopic (exact) mass is 472 g/mol. The van der Waals surface area contributed by atoms with Crippen molar-refractivity contribution in [3.05, 3.63) is 71.0 Å². The molecule has 3 N–H and O–H groups in total. The molecule has 2 aromatic carbocycles. The second kappa shape index (κ2) is 11.6. The number of allylic oxidation sites excluding steroid dienone is 1. The SMILES string of the molecule is C=CC(C)CC(CSc1cc(C(=O)Nc2cc(F)c(F)c(F)c2)ccc1Cl)NC(C)O. The maximum Gasteiger partial charge on any atom is 0.255 e. The molecule has 31 heavy (non-hydrogen) atoms. The van der Waals surface area contributed by atoms with Crippen LogP contribution in [0, 0.1) is 23.4 Å². The maximum absolute atomic E-state index is 13.4. The molecule has 0 radical (unpaired) electrons. The molecular weight excluding hydrogens is 449 g/mol. The number of anilines is 1. The van der Waals surface area contributed by atoms with Crippen molar-refractivity contribution in [3.63, 3.8) is 0 Å². The summed E-state index contributed by atoms with van der Waals surface area (Å²) in [5.74, 6) is -4.21. The Bertz CT molecular complexity index is 920. The Kier molecular flexibility index (Phi) is 9.43. The van der Waals surface area contributed by atoms with E-state index in [1.54, 1.807) is 19.1 Å². The lowest BCUT2D eigenvalue weighted by Gasteiger charge is -2.22. The fourth-order valence-corrected chi connectivity index (χ4v) is 4.16. The molecule has 1 amide bonds. The summed E-state index contributed by atoms with van der Waals surface area (Å²) in [4.78, 5) is 13.1. The van der Waals surface area contributed by atoms with Crippen LogP contribution in [0.4, 0.5) is 18.9 Å². The molecule has 3 unspecified atom stereocenters. The minimum atomic E-state index is -1.60. The van der Waals surface area contributed by atoms with Crippen LogP contribution in [-0.2, 0) is 0 Å². The molecule has 0 aliphatic carbocycles. The van der Waals surface area contributed by atoms with E-state index >= 15 is 0 Å². The van der Waals surface area contributed by atoms with Gasteiger partial charge in [-0.15, -0.1) is 18.3 Å². The van der Waals surface area contributed by atoms with Crippen LogP contribution in [0.5, 0.6) is 0 Å². The number of amides is 1. The van der Waals surface area contributed by atoms with Crippen LogP contribution >= 0.6 is 23.4 Å². The van der Waals surface area contributed by atoms with Gasteiger partial charge >= 0.3 is 0 Å². The van der Waals surface area contributed by atoms with E-state index in [0.717, 1.165) is 6.42 Å². The van der Waals surface area contributed by atoms with Gasteiger partial charge in [0.1, 0.15) is 6.23 Å². The number of rotatable bonds is 10. The van der Waals surface area contributed by atoms with Crippen molar-refractivity contribution in [1.82, 2.24) is 5.32 Å². The molecule has 2 aromatic rings. The molecule has 0 aliphatic heterocycles. The summed E-state index contributed by atoms with van der Waals surface area (Å²) < 4.78 is 39.8. The quantitative estimate of drug-likeness (QED) is 0.182. The third-order valence-electron chi connectivity index (χ3n) is 4.41. The number of aliphatic hydroxyl groups is 1. The van der Waals surface area contributed by atoms with Crippen molar-refractivity contribution in [1.29, 1.82) is 0 Å². The highest BCUT2D eigenvalue weighted by Crippen LogP contribution is 2.30. The summed E-state index contributed by atoms with van der Waals surface area (Å²) in [6, 6.07) is 5.97. The lowest BCUT2D eigenvalue weighted by atomic mass is 10.0. The maximum atomic E-state index is 13.4. The number of carbonyl (C=O) groups excluding carboxylic acids is 1. The van der Waals surface area contributed by atoms with E-state index in [1.165, 1.54) is 17.8 Å². The van der Waals surface area contributed by atoms with Crippen LogP contribution in [0.2, 0.25) is 5.02 Å². The van der Waals surface area contributed by atoms with Gasteiger partial charge < -0.3 is 10.4 Å². The van der Waals surface area contributed by atoms with Gasteiger partial charge in [-0.25, -0.2) is 13.2 Å². The van der Waals surface area contributed by atoms with Gasteiger partial charge in [0.25, 0.3) is 5.91 Å². The molecule has 0 saturated heterocycles. The number of halogens is 4. The zero-order valence-corrected chi connectivity index (χ0v) is 18.7. The van der Waals surface area contributed by atoms with E-state index in [0.29, 0.717) is 27.8 Å². The molecule has 2 rings (SSSR count). The van der Waals surface area contributed by atoms with Gasteiger partial charge in [0, 0.05) is 40.1 Å². The van der Waals surface area contributed by atoms with Crippen LogP contribution in [-0.4, -0.2) is 29.0 Å². The number of hydrogen-bond donors (Lipinski definition) is 3. The Labute approximate surface area is 188 Å². The van der Waals surface area contributed by atoms with E-state index in [9.17, 15) is 23.1 Å². The normalized spacial score (nSPS) is 14.0. The van der Waals surface area contributed by atoms with Crippen molar-refractivity contribution in [3.8, 4) is 0 Å². The third kappa shape index (κ3) is 7.57. The van der Waals surface area contributed by atoms with Crippen molar-refractivity contribution < 1.29 is 23.1 Å². The average Bonchev–Trinajstić information content (AvgIpc) is 2.70. The topological polar surface area (TPSA) is 61.4 Å². The average molecular weight is 473 g/mol. The fourth-order valence-electron chi connectivity index (χ4n) is 2.85. The van der Waals surface area contributed by atoms with E-state index in [-0.39, 0.29) is 23.2 Å². The lowest BCUT2D eigenvalue weighted by molar-refractivity contribution is 0.102. The predicted molar refractivity (Wildman–Crippen MR) is 119 cm³/mol. The first-order chi connectivity index (χ1) is 14.6. The van der Waals surface area contributed by atoms with E-state index < -0.39 is 29.6 Å². The zero-order chi connectivity index (χ0) is 23.1. The second-order valence-electron chi connectivity index (χ2n) is 7.15. The van der Waals surface area contributed by atoms with Crippen molar-refractivity contribution in [2.24, 2.45) is 5.92 Å². The Balaban J connectivity index is 2.13. The first kappa shape index (κ1) is 25.3. The molecular formula is C22H24ClF3N2O2S. The Hall–Kier alpha value is -2.00. The van der Waals surface area contributed by atoms with Crippen LogP contribution in [0.25, 0.3) is 0 Å². The second-order valence-corrected chi connectivity index (χ2v) is 8.62. The van der Waals surface area contributed by atoms with Crippen LogP contribution in [0.1, 0.15) is 30.6 Å². The van der Waals surface area contributed by atoms with Gasteiger partial charge in [-0.3, -0.25) is 10.1 Å². The van der Waals surface area contributed by atoms with Gasteiger partial charge in [0.05, 0.1) is 5.02 Å². The first-order valence-corrected chi connectivity index (χ1v) is 10.9. The van der Waals surface area contributed by atoms with Gasteiger partial charge in [-0.1, -0.05) is 24.6 Å². The first-order valence-electron chi connectivity index (χ1n) is 9.55. The lowest BCUT2D eigenvalue weighted by Crippen LogP contribution is -2.39. The summed E-state index contributed by atoms with van der Waals surface area (Å²) in [5.41, 5.74) is 0.0155. The smallest absolute Gasteiger partial charge is 0.255 e. The molecule has 0 bridgehead atoms. The van der Waals surface area contributed by atoms with Gasteiger partial charge in [0.2, 0.25) is 0 Å². The number of hydrogen-bond acceptors (Lipinski definition) is 4. The molecule has 0 aromatic heterocycles. The Morgan fingerprint density at radius 2 is 1.87 bits per heavy atom.